The summed E-state index contributed by atoms with van der Waals surface area (Å²) in [5.74, 6) is 1.46. The van der Waals surface area contributed by atoms with Crippen molar-refractivity contribution >= 4 is 29.0 Å². The third kappa shape index (κ3) is 5.91. The Morgan fingerprint density at radius 1 is 1.30 bits per heavy atom. The van der Waals surface area contributed by atoms with Crippen LogP contribution in [-0.2, 0) is 24.3 Å². The number of carbonyl (C=O) groups is 1. The predicted octanol–water partition coefficient (Wildman–Crippen LogP) is 2.06. The quantitative estimate of drug-likeness (QED) is 0.438. The molecule has 0 aliphatic carbocycles. The Kier molecular flexibility index (Phi) is 8.01. The van der Waals surface area contributed by atoms with E-state index in [-0.39, 0.29) is 11.8 Å². The number of nitrogens with one attached hydrogen (secondary N) is 2. The highest BCUT2D eigenvalue weighted by molar-refractivity contribution is 7.11. The lowest BCUT2D eigenvalue weighted by Crippen LogP contribution is -2.39. The third-order valence-corrected chi connectivity index (χ3v) is 6.31. The van der Waals surface area contributed by atoms with E-state index in [9.17, 15) is 4.79 Å². The zero-order chi connectivity index (χ0) is 21.3. The molecule has 0 bridgehead atoms. The Balaban J connectivity index is 1.64. The Labute approximate surface area is 182 Å². The van der Waals surface area contributed by atoms with Gasteiger partial charge in [-0.1, -0.05) is 13.0 Å². The van der Waals surface area contributed by atoms with Crippen molar-refractivity contribution in [3.63, 3.8) is 0 Å². The fourth-order valence-electron chi connectivity index (χ4n) is 3.47. The summed E-state index contributed by atoms with van der Waals surface area (Å²) in [6.45, 7) is 7.70. The van der Waals surface area contributed by atoms with Crippen LogP contribution >= 0.6 is 11.3 Å². The third-order valence-electron chi connectivity index (χ3n) is 5.17. The molecule has 0 unspecified atom stereocenters. The minimum absolute atomic E-state index is 0.0323. The zero-order valence-corrected chi connectivity index (χ0v) is 18.5. The van der Waals surface area contributed by atoms with E-state index in [1.54, 1.807) is 17.5 Å². The molecule has 162 valence electrons. The molecule has 3 rings (SSSR count). The molecule has 0 spiro atoms. The summed E-state index contributed by atoms with van der Waals surface area (Å²) in [6.07, 6.45) is 6.29. The average molecular weight is 430 g/mol. The smallest absolute Gasteiger partial charge is 0.220 e. The topological polar surface area (TPSA) is 109 Å². The van der Waals surface area contributed by atoms with Crippen LogP contribution in [0.15, 0.2) is 29.5 Å². The molecular formula is C21H31N7OS. The first kappa shape index (κ1) is 22.0. The summed E-state index contributed by atoms with van der Waals surface area (Å²) in [7, 11) is 0. The summed E-state index contributed by atoms with van der Waals surface area (Å²) in [5.41, 5.74) is 6.53. The van der Waals surface area contributed by atoms with Crippen LogP contribution in [-0.4, -0.2) is 41.5 Å². The highest BCUT2D eigenvalue weighted by Gasteiger charge is 2.24. The van der Waals surface area contributed by atoms with Crippen LogP contribution in [0.2, 0.25) is 0 Å². The number of anilines is 1. The predicted molar refractivity (Wildman–Crippen MR) is 122 cm³/mol. The van der Waals surface area contributed by atoms with E-state index < -0.39 is 0 Å². The van der Waals surface area contributed by atoms with Crippen molar-refractivity contribution < 1.29 is 4.79 Å². The van der Waals surface area contributed by atoms with Gasteiger partial charge < -0.3 is 21.3 Å². The Morgan fingerprint density at radius 3 is 2.77 bits per heavy atom. The maximum Gasteiger partial charge on any atom is 0.220 e. The molecule has 4 N–H and O–H groups in total. The van der Waals surface area contributed by atoms with E-state index in [0.717, 1.165) is 61.2 Å². The summed E-state index contributed by atoms with van der Waals surface area (Å²) in [5, 5.41) is 7.71. The number of nitrogens with two attached hydrogens (primary N) is 1. The Morgan fingerprint density at radius 2 is 2.10 bits per heavy atom. The number of piperidine rings is 1. The van der Waals surface area contributed by atoms with E-state index in [0.29, 0.717) is 13.1 Å². The number of aliphatic imine (C=N–C) groups is 1. The molecule has 2 aromatic heterocycles. The van der Waals surface area contributed by atoms with E-state index in [1.165, 1.54) is 4.88 Å². The summed E-state index contributed by atoms with van der Waals surface area (Å²) < 4.78 is 0. The van der Waals surface area contributed by atoms with Crippen molar-refractivity contribution in [3.8, 4) is 0 Å². The molecule has 0 saturated carbocycles. The van der Waals surface area contributed by atoms with E-state index in [1.807, 2.05) is 19.2 Å². The van der Waals surface area contributed by atoms with Crippen LogP contribution < -0.4 is 21.3 Å². The van der Waals surface area contributed by atoms with Crippen LogP contribution in [0, 0.1) is 5.92 Å². The molecule has 1 aliphatic rings. The highest BCUT2D eigenvalue weighted by atomic mass is 32.1. The van der Waals surface area contributed by atoms with Crippen LogP contribution in [0.1, 0.15) is 42.1 Å². The maximum atomic E-state index is 11.4. The first-order valence-corrected chi connectivity index (χ1v) is 11.4. The molecule has 1 aliphatic heterocycles. The minimum atomic E-state index is -0.201. The number of thiazole rings is 1. The molecule has 0 atom stereocenters. The first-order chi connectivity index (χ1) is 14.6. The van der Waals surface area contributed by atoms with Gasteiger partial charge >= 0.3 is 0 Å². The molecule has 30 heavy (non-hydrogen) atoms. The summed E-state index contributed by atoms with van der Waals surface area (Å²) in [4.78, 5) is 28.8. The SMILES string of the molecule is CCNC(=NCc1cccnc1N1CCC(C(N)=O)CC1)NCc1ncc(CC)s1. The van der Waals surface area contributed by atoms with Crippen LogP contribution in [0.4, 0.5) is 5.82 Å². The van der Waals surface area contributed by atoms with Crippen molar-refractivity contribution in [2.24, 2.45) is 16.6 Å². The van der Waals surface area contributed by atoms with Crippen molar-refractivity contribution in [3.05, 3.63) is 40.0 Å². The molecule has 1 saturated heterocycles. The van der Waals surface area contributed by atoms with E-state index in [4.69, 9.17) is 10.7 Å². The van der Waals surface area contributed by atoms with Gasteiger partial charge in [-0.05, 0) is 32.3 Å². The van der Waals surface area contributed by atoms with Gasteiger partial charge in [0.05, 0.1) is 13.1 Å². The number of aryl methyl sites for hydroxylation is 1. The van der Waals surface area contributed by atoms with Crippen molar-refractivity contribution in [1.29, 1.82) is 0 Å². The van der Waals surface area contributed by atoms with E-state index >= 15 is 0 Å². The normalized spacial score (nSPS) is 15.3. The number of hydrogen-bond donors (Lipinski definition) is 3. The molecular weight excluding hydrogens is 398 g/mol. The highest BCUT2D eigenvalue weighted by Crippen LogP contribution is 2.25. The molecule has 1 fully saturated rings. The van der Waals surface area contributed by atoms with Crippen molar-refractivity contribution in [2.45, 2.75) is 46.2 Å². The lowest BCUT2D eigenvalue weighted by atomic mass is 9.96. The largest absolute Gasteiger partial charge is 0.369 e. The van der Waals surface area contributed by atoms with Crippen molar-refractivity contribution in [2.75, 3.05) is 24.5 Å². The Bertz CT molecular complexity index is 859. The standard InChI is InChI=1S/C21H31N7OS/c1-3-17-13-25-18(30-17)14-27-21(23-4-2)26-12-16-6-5-9-24-20(16)28-10-7-15(8-11-28)19(22)29/h5-6,9,13,15H,3-4,7-8,10-12,14H2,1-2H3,(H2,22,29)(H2,23,26,27). The van der Waals surface area contributed by atoms with Gasteiger partial charge in [0.15, 0.2) is 5.96 Å². The summed E-state index contributed by atoms with van der Waals surface area (Å²) >= 11 is 1.72. The number of pyridine rings is 1. The second-order valence-corrected chi connectivity index (χ2v) is 8.47. The number of rotatable bonds is 8. The van der Waals surface area contributed by atoms with Crippen LogP contribution in [0.25, 0.3) is 0 Å². The Hall–Kier alpha value is -2.68. The molecule has 8 nitrogen and oxygen atoms in total. The number of aromatic nitrogens is 2. The molecule has 0 radical (unpaired) electrons. The lowest BCUT2D eigenvalue weighted by molar-refractivity contribution is -0.122. The molecule has 3 heterocycles. The van der Waals surface area contributed by atoms with Gasteiger partial charge in [0.2, 0.25) is 5.91 Å². The number of nitrogens with zero attached hydrogens (tertiary/aromatic N) is 4. The monoisotopic (exact) mass is 429 g/mol. The molecule has 0 aromatic carbocycles. The number of guanidine groups is 1. The van der Waals surface area contributed by atoms with Gasteiger partial charge in [-0.3, -0.25) is 4.79 Å². The molecule has 1 amide bonds. The minimum Gasteiger partial charge on any atom is -0.369 e. The first-order valence-electron chi connectivity index (χ1n) is 10.5. The van der Waals surface area contributed by atoms with Gasteiger partial charge in [-0.25, -0.2) is 15.0 Å². The lowest BCUT2D eigenvalue weighted by Gasteiger charge is -2.32. The van der Waals surface area contributed by atoms with Crippen LogP contribution in [0.5, 0.6) is 0 Å². The average Bonchev–Trinajstić information content (AvgIpc) is 3.24. The van der Waals surface area contributed by atoms with Gasteiger partial charge in [0, 0.05) is 48.4 Å². The summed E-state index contributed by atoms with van der Waals surface area (Å²) in [6, 6.07) is 4.00. The second-order valence-electron chi connectivity index (χ2n) is 7.27. The molecule has 9 heteroatoms. The fourth-order valence-corrected chi connectivity index (χ4v) is 4.27. The number of amides is 1. The zero-order valence-electron chi connectivity index (χ0n) is 17.7. The van der Waals surface area contributed by atoms with Gasteiger partial charge in [-0.15, -0.1) is 11.3 Å². The fraction of sp³-hybridized carbons (Fsp3) is 0.524. The number of carbonyl (C=O) groups excluding carboxylic acids is 1. The van der Waals surface area contributed by atoms with Gasteiger partial charge in [0.25, 0.3) is 0 Å². The second kappa shape index (κ2) is 10.9. The van der Waals surface area contributed by atoms with Gasteiger partial charge in [0.1, 0.15) is 10.8 Å². The molecule has 2 aromatic rings. The number of primary amides is 1. The van der Waals surface area contributed by atoms with Crippen molar-refractivity contribution in [1.82, 2.24) is 20.6 Å². The maximum absolute atomic E-state index is 11.4. The number of hydrogen-bond acceptors (Lipinski definition) is 6. The van der Waals surface area contributed by atoms with E-state index in [2.05, 4.69) is 38.5 Å². The van der Waals surface area contributed by atoms with Crippen LogP contribution in [0.3, 0.4) is 0 Å². The van der Waals surface area contributed by atoms with Gasteiger partial charge in [-0.2, -0.15) is 0 Å².